The van der Waals surface area contributed by atoms with Crippen molar-refractivity contribution in [2.75, 3.05) is 13.1 Å². The van der Waals surface area contributed by atoms with Crippen LogP contribution in [0.1, 0.15) is 58.4 Å². The molecule has 1 atom stereocenters. The van der Waals surface area contributed by atoms with E-state index in [9.17, 15) is 14.0 Å². The number of rotatable bonds is 4. The summed E-state index contributed by atoms with van der Waals surface area (Å²) in [6.07, 6.45) is 4.11. The van der Waals surface area contributed by atoms with Gasteiger partial charge in [-0.1, -0.05) is 31.0 Å². The number of halogens is 1. The second-order valence-electron chi connectivity index (χ2n) is 8.76. The quantitative estimate of drug-likeness (QED) is 0.895. The second kappa shape index (κ2) is 7.01. The number of carbonyl (C=O) groups excluding carboxylic acids is 2. The van der Waals surface area contributed by atoms with E-state index in [-0.39, 0.29) is 40.9 Å². The summed E-state index contributed by atoms with van der Waals surface area (Å²) in [6, 6.07) is 6.89. The lowest BCUT2D eigenvalue weighted by molar-refractivity contribution is -0.132. The Kier molecular flexibility index (Phi) is 5.09. The van der Waals surface area contributed by atoms with Crippen molar-refractivity contribution in [1.82, 2.24) is 10.2 Å². The fourth-order valence-corrected chi connectivity index (χ4v) is 4.42. The molecule has 26 heavy (non-hydrogen) atoms. The lowest BCUT2D eigenvalue weighted by Gasteiger charge is -2.32. The molecular weight excluding hydrogens is 331 g/mol. The SMILES string of the molecule is CC(C)(C)N1CC(C(=O)NCC2(c3ccccc3F)CCCC2)CC1=O. The highest BCUT2D eigenvalue weighted by atomic mass is 19.1. The van der Waals surface area contributed by atoms with Gasteiger partial charge in [0.2, 0.25) is 11.8 Å². The average Bonchev–Trinajstić information content (AvgIpc) is 3.20. The van der Waals surface area contributed by atoms with Gasteiger partial charge in [0.15, 0.2) is 0 Å². The molecule has 1 aliphatic heterocycles. The number of nitrogens with zero attached hydrogens (tertiary/aromatic N) is 1. The molecule has 1 saturated carbocycles. The Hall–Kier alpha value is -1.91. The Morgan fingerprint density at radius 1 is 1.27 bits per heavy atom. The zero-order valence-corrected chi connectivity index (χ0v) is 16.0. The molecule has 1 N–H and O–H groups in total. The molecule has 1 heterocycles. The highest BCUT2D eigenvalue weighted by Crippen LogP contribution is 2.41. The summed E-state index contributed by atoms with van der Waals surface area (Å²) >= 11 is 0. The number of hydrogen-bond donors (Lipinski definition) is 1. The van der Waals surface area contributed by atoms with Gasteiger partial charge in [0.1, 0.15) is 5.82 Å². The van der Waals surface area contributed by atoms with Crippen molar-refractivity contribution >= 4 is 11.8 Å². The summed E-state index contributed by atoms with van der Waals surface area (Å²) < 4.78 is 14.4. The third-order valence-corrected chi connectivity index (χ3v) is 5.91. The van der Waals surface area contributed by atoms with E-state index in [2.05, 4.69) is 5.32 Å². The Morgan fingerprint density at radius 2 is 1.92 bits per heavy atom. The number of amides is 2. The number of likely N-dealkylation sites (tertiary alicyclic amines) is 1. The maximum atomic E-state index is 14.4. The van der Waals surface area contributed by atoms with Crippen LogP contribution in [0, 0.1) is 11.7 Å². The molecule has 1 aromatic carbocycles. The minimum atomic E-state index is -0.326. The lowest BCUT2D eigenvalue weighted by Crippen LogP contribution is -2.44. The third kappa shape index (κ3) is 3.62. The first kappa shape index (κ1) is 18.9. The number of carbonyl (C=O) groups is 2. The van der Waals surface area contributed by atoms with E-state index in [4.69, 9.17) is 0 Å². The van der Waals surface area contributed by atoms with Crippen molar-refractivity contribution in [2.24, 2.45) is 5.92 Å². The standard InChI is InChI=1S/C21H29FN2O2/c1-20(2,3)24-13-15(12-18(24)25)19(26)23-14-21(10-6-7-11-21)16-8-4-5-9-17(16)22/h4-5,8-9,15H,6-7,10-14H2,1-3H3,(H,23,26). The minimum absolute atomic E-state index is 0.0299. The lowest BCUT2D eigenvalue weighted by atomic mass is 9.78. The maximum Gasteiger partial charge on any atom is 0.225 e. The van der Waals surface area contributed by atoms with Gasteiger partial charge < -0.3 is 10.2 Å². The summed E-state index contributed by atoms with van der Waals surface area (Å²) in [5.74, 6) is -0.575. The van der Waals surface area contributed by atoms with Crippen LogP contribution in [0.3, 0.4) is 0 Å². The summed E-state index contributed by atoms with van der Waals surface area (Å²) in [5, 5.41) is 3.04. The summed E-state index contributed by atoms with van der Waals surface area (Å²) in [6.45, 7) is 6.85. The van der Waals surface area contributed by atoms with E-state index >= 15 is 0 Å². The van der Waals surface area contributed by atoms with Crippen molar-refractivity contribution in [3.05, 3.63) is 35.6 Å². The molecule has 1 aromatic rings. The van der Waals surface area contributed by atoms with E-state index < -0.39 is 0 Å². The summed E-state index contributed by atoms with van der Waals surface area (Å²) in [4.78, 5) is 26.7. The van der Waals surface area contributed by atoms with Crippen molar-refractivity contribution in [1.29, 1.82) is 0 Å². The molecule has 2 amide bonds. The van der Waals surface area contributed by atoms with E-state index in [1.165, 1.54) is 6.07 Å². The Labute approximate surface area is 155 Å². The van der Waals surface area contributed by atoms with E-state index in [0.29, 0.717) is 18.7 Å². The summed E-state index contributed by atoms with van der Waals surface area (Å²) in [7, 11) is 0. The molecule has 0 spiro atoms. The second-order valence-corrected chi connectivity index (χ2v) is 8.76. The van der Waals surface area contributed by atoms with Gasteiger partial charge in [0.25, 0.3) is 0 Å². The van der Waals surface area contributed by atoms with Crippen LogP contribution in [0.15, 0.2) is 24.3 Å². The first-order valence-corrected chi connectivity index (χ1v) is 9.56. The predicted molar refractivity (Wildman–Crippen MR) is 99.1 cm³/mol. The van der Waals surface area contributed by atoms with E-state index in [1.54, 1.807) is 11.0 Å². The van der Waals surface area contributed by atoms with Gasteiger partial charge in [0.05, 0.1) is 5.92 Å². The van der Waals surface area contributed by atoms with Gasteiger partial charge in [-0.2, -0.15) is 0 Å². The molecule has 2 fully saturated rings. The zero-order valence-electron chi connectivity index (χ0n) is 16.0. The topological polar surface area (TPSA) is 49.4 Å². The van der Waals surface area contributed by atoms with Crippen LogP contribution in [0.5, 0.6) is 0 Å². The summed E-state index contributed by atoms with van der Waals surface area (Å²) in [5.41, 5.74) is 0.107. The average molecular weight is 360 g/mol. The van der Waals surface area contributed by atoms with Crippen molar-refractivity contribution < 1.29 is 14.0 Å². The molecule has 4 nitrogen and oxygen atoms in total. The van der Waals surface area contributed by atoms with Gasteiger partial charge >= 0.3 is 0 Å². The van der Waals surface area contributed by atoms with Gasteiger partial charge in [-0.3, -0.25) is 9.59 Å². The zero-order chi connectivity index (χ0) is 18.9. The molecule has 0 radical (unpaired) electrons. The molecule has 1 unspecified atom stereocenters. The van der Waals surface area contributed by atoms with Gasteiger partial charge in [0, 0.05) is 30.5 Å². The molecule has 2 aliphatic rings. The Balaban J connectivity index is 1.68. The van der Waals surface area contributed by atoms with E-state index in [0.717, 1.165) is 25.7 Å². The Bertz CT molecular complexity index is 689. The van der Waals surface area contributed by atoms with Gasteiger partial charge in [-0.05, 0) is 45.2 Å². The van der Waals surface area contributed by atoms with Crippen LogP contribution in [0.2, 0.25) is 0 Å². The molecule has 0 bridgehead atoms. The first-order valence-electron chi connectivity index (χ1n) is 9.56. The molecule has 142 valence electrons. The van der Waals surface area contributed by atoms with E-state index in [1.807, 2.05) is 32.9 Å². The monoisotopic (exact) mass is 360 g/mol. The van der Waals surface area contributed by atoms with Gasteiger partial charge in [-0.25, -0.2) is 4.39 Å². The highest BCUT2D eigenvalue weighted by Gasteiger charge is 2.41. The fraction of sp³-hybridized carbons (Fsp3) is 0.619. The molecule has 1 aliphatic carbocycles. The van der Waals surface area contributed by atoms with Crippen LogP contribution in [0.4, 0.5) is 4.39 Å². The number of nitrogens with one attached hydrogen (secondary N) is 1. The third-order valence-electron chi connectivity index (χ3n) is 5.91. The first-order chi connectivity index (χ1) is 12.2. The van der Waals surface area contributed by atoms with Crippen molar-refractivity contribution in [2.45, 2.75) is 63.8 Å². The van der Waals surface area contributed by atoms with Crippen LogP contribution < -0.4 is 5.32 Å². The van der Waals surface area contributed by atoms with Crippen LogP contribution in [-0.4, -0.2) is 35.3 Å². The largest absolute Gasteiger partial charge is 0.355 e. The fourth-order valence-electron chi connectivity index (χ4n) is 4.42. The highest BCUT2D eigenvalue weighted by molar-refractivity contribution is 5.89. The predicted octanol–water partition coefficient (Wildman–Crippen LogP) is 3.40. The maximum absolute atomic E-state index is 14.4. The molecule has 5 heteroatoms. The molecular formula is C21H29FN2O2. The van der Waals surface area contributed by atoms with Crippen molar-refractivity contribution in [3.8, 4) is 0 Å². The molecule has 0 aromatic heterocycles. The van der Waals surface area contributed by atoms with Crippen LogP contribution >= 0.6 is 0 Å². The smallest absolute Gasteiger partial charge is 0.225 e. The molecule has 3 rings (SSSR count). The minimum Gasteiger partial charge on any atom is -0.355 e. The van der Waals surface area contributed by atoms with Crippen LogP contribution in [-0.2, 0) is 15.0 Å². The normalized spacial score (nSPS) is 22.7. The number of hydrogen-bond acceptors (Lipinski definition) is 2. The molecule has 1 saturated heterocycles. The van der Waals surface area contributed by atoms with Gasteiger partial charge in [-0.15, -0.1) is 0 Å². The van der Waals surface area contributed by atoms with Crippen LogP contribution in [0.25, 0.3) is 0 Å². The Morgan fingerprint density at radius 3 is 2.50 bits per heavy atom. The van der Waals surface area contributed by atoms with Crippen molar-refractivity contribution in [3.63, 3.8) is 0 Å². The number of benzene rings is 1.